The van der Waals surface area contributed by atoms with E-state index in [0.717, 1.165) is 0 Å². The maximum absolute atomic E-state index is 11.8. The van der Waals surface area contributed by atoms with Gasteiger partial charge in [-0.2, -0.15) is 4.98 Å². The second-order valence-electron chi connectivity index (χ2n) is 4.74. The van der Waals surface area contributed by atoms with Gasteiger partial charge in [0.2, 0.25) is 5.95 Å². The van der Waals surface area contributed by atoms with Crippen molar-refractivity contribution in [3.63, 3.8) is 0 Å². The van der Waals surface area contributed by atoms with E-state index < -0.39 is 6.09 Å². The van der Waals surface area contributed by atoms with E-state index >= 15 is 0 Å². The standard InChI is InChI=1S/C12H15ClN4O3/c1-8-7-20-12(18)17(8)10-6-9(13)14-11(15-10)16-2-4-19-5-3-16/h6,8H,2-5,7H2,1H3. The second kappa shape index (κ2) is 5.41. The number of hydrogen-bond donors (Lipinski definition) is 0. The molecule has 0 aliphatic carbocycles. The van der Waals surface area contributed by atoms with Crippen LogP contribution in [0.15, 0.2) is 6.07 Å². The number of anilines is 2. The van der Waals surface area contributed by atoms with Crippen LogP contribution in [-0.2, 0) is 9.47 Å². The zero-order valence-electron chi connectivity index (χ0n) is 11.1. The first-order valence-corrected chi connectivity index (χ1v) is 6.86. The topological polar surface area (TPSA) is 67.8 Å². The molecule has 3 rings (SSSR count). The molecule has 3 heterocycles. The highest BCUT2D eigenvalue weighted by Gasteiger charge is 2.32. The van der Waals surface area contributed by atoms with Gasteiger partial charge in [-0.05, 0) is 6.92 Å². The van der Waals surface area contributed by atoms with Crippen LogP contribution in [0.5, 0.6) is 0 Å². The summed E-state index contributed by atoms with van der Waals surface area (Å²) in [5, 5.41) is 0.309. The van der Waals surface area contributed by atoms with Gasteiger partial charge in [0.15, 0.2) is 0 Å². The van der Waals surface area contributed by atoms with E-state index in [0.29, 0.717) is 49.8 Å². The van der Waals surface area contributed by atoms with Crippen molar-refractivity contribution >= 4 is 29.5 Å². The summed E-state index contributed by atoms with van der Waals surface area (Å²) in [5.74, 6) is 0.990. The fraction of sp³-hybridized carbons (Fsp3) is 0.583. The van der Waals surface area contributed by atoms with Gasteiger partial charge in [-0.1, -0.05) is 11.6 Å². The van der Waals surface area contributed by atoms with Gasteiger partial charge in [-0.15, -0.1) is 0 Å². The Morgan fingerprint density at radius 1 is 1.35 bits per heavy atom. The molecule has 0 saturated carbocycles. The molecule has 0 radical (unpaired) electrons. The number of hydrogen-bond acceptors (Lipinski definition) is 6. The summed E-state index contributed by atoms with van der Waals surface area (Å²) in [6.45, 7) is 4.93. The summed E-state index contributed by atoms with van der Waals surface area (Å²) in [6, 6.07) is 1.51. The lowest BCUT2D eigenvalue weighted by Crippen LogP contribution is -2.38. The average Bonchev–Trinajstić information content (AvgIpc) is 2.78. The number of morpholine rings is 1. The number of halogens is 1. The monoisotopic (exact) mass is 298 g/mol. The van der Waals surface area contributed by atoms with Crippen LogP contribution in [-0.4, -0.2) is 55.0 Å². The predicted molar refractivity (Wildman–Crippen MR) is 73.4 cm³/mol. The molecule has 20 heavy (non-hydrogen) atoms. The Morgan fingerprint density at radius 2 is 2.10 bits per heavy atom. The Morgan fingerprint density at radius 3 is 2.75 bits per heavy atom. The molecular formula is C12H15ClN4O3. The van der Waals surface area contributed by atoms with Gasteiger partial charge in [-0.3, -0.25) is 4.90 Å². The summed E-state index contributed by atoms with van der Waals surface area (Å²) < 4.78 is 10.3. The molecule has 0 aromatic carbocycles. The Labute approximate surface area is 121 Å². The van der Waals surface area contributed by atoms with Crippen LogP contribution in [0, 0.1) is 0 Å². The van der Waals surface area contributed by atoms with Gasteiger partial charge in [0, 0.05) is 19.2 Å². The number of carbonyl (C=O) groups is 1. The van der Waals surface area contributed by atoms with E-state index in [1.807, 2.05) is 11.8 Å². The number of amides is 1. The van der Waals surface area contributed by atoms with Crippen molar-refractivity contribution in [2.24, 2.45) is 0 Å². The van der Waals surface area contributed by atoms with Crippen LogP contribution in [0.3, 0.4) is 0 Å². The number of cyclic esters (lactones) is 1. The molecule has 1 aromatic rings. The smallest absolute Gasteiger partial charge is 0.415 e. The number of aromatic nitrogens is 2. The lowest BCUT2D eigenvalue weighted by atomic mass is 10.3. The lowest BCUT2D eigenvalue weighted by Gasteiger charge is -2.27. The van der Waals surface area contributed by atoms with Crippen LogP contribution in [0.1, 0.15) is 6.92 Å². The molecule has 0 bridgehead atoms. The van der Waals surface area contributed by atoms with E-state index in [1.54, 1.807) is 6.07 Å². The van der Waals surface area contributed by atoms with Crippen molar-refractivity contribution < 1.29 is 14.3 Å². The number of rotatable bonds is 2. The van der Waals surface area contributed by atoms with Gasteiger partial charge in [0.25, 0.3) is 0 Å². The Hall–Kier alpha value is -1.60. The molecule has 1 aromatic heterocycles. The van der Waals surface area contributed by atoms with Crippen LogP contribution in [0.4, 0.5) is 16.6 Å². The van der Waals surface area contributed by atoms with Crippen molar-refractivity contribution in [1.29, 1.82) is 0 Å². The van der Waals surface area contributed by atoms with Crippen LogP contribution in [0.2, 0.25) is 5.15 Å². The van der Waals surface area contributed by atoms with E-state index in [2.05, 4.69) is 9.97 Å². The zero-order chi connectivity index (χ0) is 14.1. The molecular weight excluding hydrogens is 284 g/mol. The van der Waals surface area contributed by atoms with Crippen LogP contribution < -0.4 is 9.80 Å². The van der Waals surface area contributed by atoms with E-state index in [1.165, 1.54) is 4.90 Å². The van der Waals surface area contributed by atoms with E-state index in [-0.39, 0.29) is 6.04 Å². The van der Waals surface area contributed by atoms with Gasteiger partial charge >= 0.3 is 6.09 Å². The van der Waals surface area contributed by atoms with Crippen LogP contribution >= 0.6 is 11.6 Å². The molecule has 7 nitrogen and oxygen atoms in total. The Balaban J connectivity index is 1.91. The first-order valence-electron chi connectivity index (χ1n) is 6.48. The number of nitrogens with zero attached hydrogens (tertiary/aromatic N) is 4. The summed E-state index contributed by atoms with van der Waals surface area (Å²) in [4.78, 5) is 23.9. The second-order valence-corrected chi connectivity index (χ2v) is 5.13. The highest BCUT2D eigenvalue weighted by Crippen LogP contribution is 2.25. The highest BCUT2D eigenvalue weighted by molar-refractivity contribution is 6.29. The fourth-order valence-corrected chi connectivity index (χ4v) is 2.43. The summed E-state index contributed by atoms with van der Waals surface area (Å²) in [5.41, 5.74) is 0. The first-order chi connectivity index (χ1) is 9.65. The zero-order valence-corrected chi connectivity index (χ0v) is 11.8. The minimum absolute atomic E-state index is 0.0639. The lowest BCUT2D eigenvalue weighted by molar-refractivity contribution is 0.122. The SMILES string of the molecule is CC1COC(=O)N1c1cc(Cl)nc(N2CCOCC2)n1. The number of carbonyl (C=O) groups excluding carboxylic acids is 1. The summed E-state index contributed by atoms with van der Waals surface area (Å²) in [6.07, 6.45) is -0.403. The molecule has 1 atom stereocenters. The molecule has 108 valence electrons. The molecule has 8 heteroatoms. The van der Waals surface area contributed by atoms with E-state index in [4.69, 9.17) is 21.1 Å². The molecule has 0 spiro atoms. The third kappa shape index (κ3) is 2.51. The van der Waals surface area contributed by atoms with Crippen molar-refractivity contribution in [3.05, 3.63) is 11.2 Å². The van der Waals surface area contributed by atoms with Crippen molar-refractivity contribution in [2.75, 3.05) is 42.7 Å². The quantitative estimate of drug-likeness (QED) is 0.767. The van der Waals surface area contributed by atoms with Crippen molar-refractivity contribution in [2.45, 2.75) is 13.0 Å². The third-order valence-electron chi connectivity index (χ3n) is 3.30. The maximum atomic E-state index is 11.8. The van der Waals surface area contributed by atoms with Gasteiger partial charge in [-0.25, -0.2) is 9.78 Å². The van der Waals surface area contributed by atoms with Gasteiger partial charge in [0.1, 0.15) is 17.6 Å². The minimum atomic E-state index is -0.403. The molecule has 2 fully saturated rings. The molecule has 1 amide bonds. The van der Waals surface area contributed by atoms with Crippen LogP contribution in [0.25, 0.3) is 0 Å². The fourth-order valence-electron chi connectivity index (χ4n) is 2.26. The van der Waals surface area contributed by atoms with Crippen molar-refractivity contribution in [3.8, 4) is 0 Å². The van der Waals surface area contributed by atoms with Gasteiger partial charge < -0.3 is 14.4 Å². The number of ether oxygens (including phenoxy) is 2. The largest absolute Gasteiger partial charge is 0.447 e. The minimum Gasteiger partial charge on any atom is -0.447 e. The maximum Gasteiger partial charge on any atom is 0.415 e. The van der Waals surface area contributed by atoms with E-state index in [9.17, 15) is 4.79 Å². The molecule has 2 saturated heterocycles. The molecule has 0 N–H and O–H groups in total. The summed E-state index contributed by atoms with van der Waals surface area (Å²) >= 11 is 6.06. The first kappa shape index (κ1) is 13.4. The molecule has 2 aliphatic rings. The Bertz CT molecular complexity index is 521. The predicted octanol–water partition coefficient (Wildman–Crippen LogP) is 1.31. The third-order valence-corrected chi connectivity index (χ3v) is 3.49. The molecule has 2 aliphatic heterocycles. The highest BCUT2D eigenvalue weighted by atomic mass is 35.5. The average molecular weight is 299 g/mol. The normalized spacial score (nSPS) is 23.1. The summed E-state index contributed by atoms with van der Waals surface area (Å²) in [7, 11) is 0. The molecule has 1 unspecified atom stereocenters. The van der Waals surface area contributed by atoms with Crippen molar-refractivity contribution in [1.82, 2.24) is 9.97 Å². The van der Waals surface area contributed by atoms with Gasteiger partial charge in [0.05, 0.1) is 19.3 Å². The Kier molecular flexibility index (Phi) is 3.62.